The molecular formula is C22H22ClNO5S. The van der Waals surface area contributed by atoms with Crippen LogP contribution in [0.1, 0.15) is 16.6 Å². The third kappa shape index (κ3) is 4.63. The molecule has 0 saturated heterocycles. The Hall–Kier alpha value is -2.90. The molecule has 0 aliphatic rings. The molecular weight excluding hydrogens is 426 g/mol. The lowest BCUT2D eigenvalue weighted by Crippen LogP contribution is -2.05. The first kappa shape index (κ1) is 21.8. The van der Waals surface area contributed by atoms with Crippen molar-refractivity contribution in [3.8, 4) is 27.7 Å². The summed E-state index contributed by atoms with van der Waals surface area (Å²) in [5.41, 5.74) is 2.25. The quantitative estimate of drug-likeness (QED) is 0.426. The number of hydrogen-bond acceptors (Lipinski definition) is 7. The van der Waals surface area contributed by atoms with E-state index in [1.165, 1.54) is 11.3 Å². The minimum atomic E-state index is -0.391. The molecule has 0 amide bonds. The van der Waals surface area contributed by atoms with Crippen LogP contribution in [0, 0.1) is 0 Å². The first-order valence-electron chi connectivity index (χ1n) is 9.14. The number of rotatable bonds is 8. The second-order valence-corrected chi connectivity index (χ2v) is 7.61. The summed E-state index contributed by atoms with van der Waals surface area (Å²) in [6.07, 6.45) is 0. The zero-order valence-corrected chi connectivity index (χ0v) is 18.6. The van der Waals surface area contributed by atoms with Crippen molar-refractivity contribution in [2.45, 2.75) is 6.92 Å². The number of nitrogens with one attached hydrogen (secondary N) is 1. The minimum absolute atomic E-state index is 0.288. The van der Waals surface area contributed by atoms with Crippen molar-refractivity contribution in [1.29, 1.82) is 0 Å². The number of anilines is 2. The van der Waals surface area contributed by atoms with E-state index in [9.17, 15) is 4.79 Å². The lowest BCUT2D eigenvalue weighted by molar-refractivity contribution is 0.0533. The van der Waals surface area contributed by atoms with Crippen LogP contribution in [0.5, 0.6) is 17.2 Å². The maximum Gasteiger partial charge on any atom is 0.350 e. The summed E-state index contributed by atoms with van der Waals surface area (Å²) in [6, 6.07) is 12.9. The Bertz CT molecular complexity index is 1010. The molecule has 0 aliphatic heterocycles. The molecule has 1 N–H and O–H groups in total. The van der Waals surface area contributed by atoms with Crippen LogP contribution >= 0.6 is 22.9 Å². The van der Waals surface area contributed by atoms with Gasteiger partial charge >= 0.3 is 5.97 Å². The molecule has 30 heavy (non-hydrogen) atoms. The van der Waals surface area contributed by atoms with E-state index in [1.807, 2.05) is 30.3 Å². The summed E-state index contributed by atoms with van der Waals surface area (Å²) in [5.74, 6) is 1.11. The lowest BCUT2D eigenvalue weighted by Gasteiger charge is -2.15. The molecule has 2 aromatic carbocycles. The highest BCUT2D eigenvalue weighted by molar-refractivity contribution is 7.18. The fraction of sp³-hybridized carbons (Fsp3) is 0.227. The molecule has 3 rings (SSSR count). The molecule has 0 atom stereocenters. The Morgan fingerprint density at radius 1 is 1.00 bits per heavy atom. The highest BCUT2D eigenvalue weighted by Crippen LogP contribution is 2.42. The maximum absolute atomic E-state index is 12.6. The highest BCUT2D eigenvalue weighted by atomic mass is 35.5. The van der Waals surface area contributed by atoms with Crippen LogP contribution in [-0.4, -0.2) is 33.9 Å². The Labute approximate surface area is 184 Å². The van der Waals surface area contributed by atoms with Crippen molar-refractivity contribution in [3.63, 3.8) is 0 Å². The number of esters is 1. The summed E-state index contributed by atoms with van der Waals surface area (Å²) in [7, 11) is 4.65. The van der Waals surface area contributed by atoms with E-state index in [-0.39, 0.29) is 6.61 Å². The number of thiophene rings is 1. The number of hydrogen-bond donors (Lipinski definition) is 1. The fourth-order valence-corrected chi connectivity index (χ4v) is 4.04. The van der Waals surface area contributed by atoms with Gasteiger partial charge in [0.15, 0.2) is 11.5 Å². The van der Waals surface area contributed by atoms with Crippen LogP contribution < -0.4 is 19.5 Å². The smallest absolute Gasteiger partial charge is 0.350 e. The van der Waals surface area contributed by atoms with Crippen LogP contribution in [0.3, 0.4) is 0 Å². The Morgan fingerprint density at radius 3 is 2.17 bits per heavy atom. The SMILES string of the molecule is CCOC(=O)c1sc(-c2ccc(Cl)cc2)cc1Nc1cc(OC)c(OC)c(OC)c1. The molecule has 0 unspecified atom stereocenters. The molecule has 158 valence electrons. The molecule has 0 bridgehead atoms. The Balaban J connectivity index is 2.04. The summed E-state index contributed by atoms with van der Waals surface area (Å²) < 4.78 is 21.4. The number of benzene rings is 2. The second kappa shape index (κ2) is 9.73. The van der Waals surface area contributed by atoms with Gasteiger partial charge in [-0.1, -0.05) is 23.7 Å². The third-order valence-electron chi connectivity index (χ3n) is 4.27. The van der Waals surface area contributed by atoms with Gasteiger partial charge in [0.05, 0.1) is 33.6 Å². The standard InChI is InChI=1S/C22H22ClNO5S/c1-5-29-22(25)21-16(12-19(30-21)13-6-8-14(23)9-7-13)24-15-10-17(26-2)20(28-4)18(11-15)27-3/h6-12,24H,5H2,1-4H3. The molecule has 0 fully saturated rings. The zero-order valence-electron chi connectivity index (χ0n) is 17.1. The monoisotopic (exact) mass is 447 g/mol. The van der Waals surface area contributed by atoms with Crippen LogP contribution in [-0.2, 0) is 4.74 Å². The Kier molecular flexibility index (Phi) is 7.07. The van der Waals surface area contributed by atoms with Crippen molar-refractivity contribution in [2.24, 2.45) is 0 Å². The fourth-order valence-electron chi connectivity index (χ4n) is 2.90. The molecule has 0 spiro atoms. The lowest BCUT2D eigenvalue weighted by atomic mass is 10.2. The van der Waals surface area contributed by atoms with Gasteiger partial charge in [0, 0.05) is 27.7 Å². The van der Waals surface area contributed by atoms with E-state index >= 15 is 0 Å². The maximum atomic E-state index is 12.6. The molecule has 1 aromatic heterocycles. The number of carbonyl (C=O) groups excluding carboxylic acids is 1. The van der Waals surface area contributed by atoms with Crippen molar-refractivity contribution in [2.75, 3.05) is 33.3 Å². The van der Waals surface area contributed by atoms with Crippen molar-refractivity contribution in [1.82, 2.24) is 0 Å². The number of halogens is 1. The molecule has 8 heteroatoms. The van der Waals surface area contributed by atoms with Gasteiger partial charge in [-0.2, -0.15) is 0 Å². The van der Waals surface area contributed by atoms with Crippen LogP contribution in [0.15, 0.2) is 42.5 Å². The highest BCUT2D eigenvalue weighted by Gasteiger charge is 2.20. The van der Waals surface area contributed by atoms with E-state index < -0.39 is 5.97 Å². The summed E-state index contributed by atoms with van der Waals surface area (Å²) in [5, 5.41) is 3.93. The van der Waals surface area contributed by atoms with Gasteiger partial charge in [0.25, 0.3) is 0 Å². The first-order valence-corrected chi connectivity index (χ1v) is 10.3. The Morgan fingerprint density at radius 2 is 1.63 bits per heavy atom. The third-order valence-corrected chi connectivity index (χ3v) is 5.68. The van der Waals surface area contributed by atoms with Gasteiger partial charge in [-0.05, 0) is 30.7 Å². The van der Waals surface area contributed by atoms with Gasteiger partial charge in [-0.25, -0.2) is 4.79 Å². The molecule has 0 radical (unpaired) electrons. The van der Waals surface area contributed by atoms with Gasteiger partial charge in [0.2, 0.25) is 5.75 Å². The number of methoxy groups -OCH3 is 3. The molecule has 1 heterocycles. The average Bonchev–Trinajstić information content (AvgIpc) is 3.17. The average molecular weight is 448 g/mol. The normalized spacial score (nSPS) is 10.4. The van der Waals surface area contributed by atoms with E-state index in [0.717, 1.165) is 10.4 Å². The van der Waals surface area contributed by atoms with E-state index in [2.05, 4.69) is 5.32 Å². The number of carbonyl (C=O) groups is 1. The minimum Gasteiger partial charge on any atom is -0.493 e. The van der Waals surface area contributed by atoms with Crippen LogP contribution in [0.25, 0.3) is 10.4 Å². The predicted molar refractivity (Wildman–Crippen MR) is 120 cm³/mol. The summed E-state index contributed by atoms with van der Waals surface area (Å²) >= 11 is 7.35. The molecule has 6 nitrogen and oxygen atoms in total. The predicted octanol–water partition coefficient (Wildman–Crippen LogP) is 6.01. The second-order valence-electron chi connectivity index (χ2n) is 6.12. The largest absolute Gasteiger partial charge is 0.493 e. The van der Waals surface area contributed by atoms with Gasteiger partial charge in [-0.3, -0.25) is 0 Å². The van der Waals surface area contributed by atoms with Crippen molar-refractivity contribution >= 4 is 40.3 Å². The van der Waals surface area contributed by atoms with E-state index in [1.54, 1.807) is 40.4 Å². The first-order chi connectivity index (χ1) is 14.5. The summed E-state index contributed by atoms with van der Waals surface area (Å²) in [6.45, 7) is 2.06. The number of ether oxygens (including phenoxy) is 4. The summed E-state index contributed by atoms with van der Waals surface area (Å²) in [4.78, 5) is 13.9. The van der Waals surface area contributed by atoms with Crippen LogP contribution in [0.4, 0.5) is 11.4 Å². The molecule has 0 saturated carbocycles. The topological polar surface area (TPSA) is 66.0 Å². The van der Waals surface area contributed by atoms with Crippen molar-refractivity contribution in [3.05, 3.63) is 52.4 Å². The van der Waals surface area contributed by atoms with Crippen molar-refractivity contribution < 1.29 is 23.7 Å². The molecule has 3 aromatic rings. The van der Waals surface area contributed by atoms with E-state index in [0.29, 0.717) is 38.5 Å². The van der Waals surface area contributed by atoms with E-state index in [4.69, 9.17) is 30.5 Å². The van der Waals surface area contributed by atoms with Gasteiger partial charge in [-0.15, -0.1) is 11.3 Å². The molecule has 0 aliphatic carbocycles. The van der Waals surface area contributed by atoms with Gasteiger partial charge in [0.1, 0.15) is 4.88 Å². The van der Waals surface area contributed by atoms with Gasteiger partial charge < -0.3 is 24.3 Å². The zero-order chi connectivity index (χ0) is 21.7. The van der Waals surface area contributed by atoms with Crippen LogP contribution in [0.2, 0.25) is 5.02 Å².